The first-order chi connectivity index (χ1) is 8.95. The van der Waals surface area contributed by atoms with E-state index in [1.807, 2.05) is 23.1 Å². The molecule has 0 spiro atoms. The number of aryl methyl sites for hydroxylation is 1. The Balaban J connectivity index is 1.47. The van der Waals surface area contributed by atoms with Gasteiger partial charge in [0, 0.05) is 18.9 Å². The van der Waals surface area contributed by atoms with Crippen LogP contribution in [0.15, 0.2) is 48.8 Å². The van der Waals surface area contributed by atoms with Gasteiger partial charge in [0.2, 0.25) is 0 Å². The fraction of sp³-hybridized carbons (Fsp3) is 0.400. The summed E-state index contributed by atoms with van der Waals surface area (Å²) in [6.45, 7) is 3.03. The molecule has 0 fully saturated rings. The van der Waals surface area contributed by atoms with Crippen molar-refractivity contribution in [1.29, 1.82) is 0 Å². The predicted octanol–water partition coefficient (Wildman–Crippen LogP) is 2.50. The Morgan fingerprint density at radius 2 is 1.89 bits per heavy atom. The Morgan fingerprint density at radius 1 is 1.00 bits per heavy atom. The minimum absolute atomic E-state index is 0.950. The summed E-state index contributed by atoms with van der Waals surface area (Å²) in [5.41, 5.74) is 1.44. The van der Waals surface area contributed by atoms with Crippen LogP contribution in [0.2, 0.25) is 0 Å². The van der Waals surface area contributed by atoms with Gasteiger partial charge in [0.15, 0.2) is 0 Å². The van der Waals surface area contributed by atoms with Crippen LogP contribution < -0.4 is 5.32 Å². The summed E-state index contributed by atoms with van der Waals surface area (Å²) in [5, 5.41) is 7.62. The van der Waals surface area contributed by atoms with Crippen molar-refractivity contribution in [3.8, 4) is 0 Å². The first-order valence-corrected chi connectivity index (χ1v) is 6.67. The molecule has 0 saturated carbocycles. The average molecular weight is 243 g/mol. The molecule has 3 heteroatoms. The van der Waals surface area contributed by atoms with Crippen LogP contribution in [0.1, 0.15) is 18.4 Å². The molecule has 0 radical (unpaired) electrons. The zero-order chi connectivity index (χ0) is 12.5. The summed E-state index contributed by atoms with van der Waals surface area (Å²) in [5.74, 6) is 0. The maximum Gasteiger partial charge on any atom is 0.0533 e. The van der Waals surface area contributed by atoms with Gasteiger partial charge in [0.05, 0.1) is 6.54 Å². The summed E-state index contributed by atoms with van der Waals surface area (Å²) >= 11 is 0. The number of unbranched alkanes of at least 4 members (excludes halogenated alkanes) is 1. The summed E-state index contributed by atoms with van der Waals surface area (Å²) in [6.07, 6.45) is 7.48. The minimum Gasteiger partial charge on any atom is -0.315 e. The fourth-order valence-electron chi connectivity index (χ4n) is 1.98. The number of rotatable bonds is 8. The second-order valence-corrected chi connectivity index (χ2v) is 4.46. The van der Waals surface area contributed by atoms with Gasteiger partial charge in [-0.1, -0.05) is 30.3 Å². The molecule has 0 aliphatic heterocycles. The molecule has 0 amide bonds. The highest BCUT2D eigenvalue weighted by molar-refractivity contribution is 5.14. The van der Waals surface area contributed by atoms with Crippen molar-refractivity contribution in [2.24, 2.45) is 0 Å². The lowest BCUT2D eigenvalue weighted by Crippen LogP contribution is -2.21. The lowest BCUT2D eigenvalue weighted by atomic mass is 10.1. The summed E-state index contributed by atoms with van der Waals surface area (Å²) in [7, 11) is 0. The average Bonchev–Trinajstić information content (AvgIpc) is 2.92. The van der Waals surface area contributed by atoms with Gasteiger partial charge >= 0.3 is 0 Å². The highest BCUT2D eigenvalue weighted by atomic mass is 15.3. The van der Waals surface area contributed by atoms with Gasteiger partial charge in [-0.15, -0.1) is 0 Å². The zero-order valence-corrected chi connectivity index (χ0v) is 10.8. The quantitative estimate of drug-likeness (QED) is 0.722. The van der Waals surface area contributed by atoms with Crippen molar-refractivity contribution in [2.45, 2.75) is 25.8 Å². The minimum atomic E-state index is 0.950. The summed E-state index contributed by atoms with van der Waals surface area (Å²) in [4.78, 5) is 0. The van der Waals surface area contributed by atoms with Gasteiger partial charge < -0.3 is 5.32 Å². The van der Waals surface area contributed by atoms with Gasteiger partial charge in [-0.25, -0.2) is 0 Å². The molecule has 96 valence electrons. The molecule has 1 aromatic heterocycles. The molecule has 3 nitrogen and oxygen atoms in total. The molecular weight excluding hydrogens is 222 g/mol. The second-order valence-electron chi connectivity index (χ2n) is 4.46. The van der Waals surface area contributed by atoms with Crippen LogP contribution in [0, 0.1) is 0 Å². The molecule has 2 aromatic rings. The molecule has 0 aliphatic carbocycles. The molecule has 1 heterocycles. The number of hydrogen-bond donors (Lipinski definition) is 1. The van der Waals surface area contributed by atoms with E-state index >= 15 is 0 Å². The third kappa shape index (κ3) is 4.72. The van der Waals surface area contributed by atoms with E-state index in [1.165, 1.54) is 24.8 Å². The Bertz CT molecular complexity index is 409. The van der Waals surface area contributed by atoms with Crippen molar-refractivity contribution in [3.05, 3.63) is 54.4 Å². The molecule has 2 rings (SSSR count). The van der Waals surface area contributed by atoms with Crippen molar-refractivity contribution >= 4 is 0 Å². The van der Waals surface area contributed by atoms with Crippen molar-refractivity contribution in [2.75, 3.05) is 13.1 Å². The highest BCUT2D eigenvalue weighted by Crippen LogP contribution is 2.03. The van der Waals surface area contributed by atoms with Crippen LogP contribution in [0.4, 0.5) is 0 Å². The highest BCUT2D eigenvalue weighted by Gasteiger charge is 1.93. The van der Waals surface area contributed by atoms with Gasteiger partial charge in [-0.3, -0.25) is 4.68 Å². The first kappa shape index (κ1) is 12.8. The van der Waals surface area contributed by atoms with Crippen LogP contribution in [-0.4, -0.2) is 22.9 Å². The van der Waals surface area contributed by atoms with E-state index in [0.29, 0.717) is 0 Å². The van der Waals surface area contributed by atoms with Gasteiger partial charge in [-0.2, -0.15) is 5.10 Å². The first-order valence-electron chi connectivity index (χ1n) is 6.67. The van der Waals surface area contributed by atoms with Crippen molar-refractivity contribution < 1.29 is 0 Å². The second kappa shape index (κ2) is 7.67. The van der Waals surface area contributed by atoms with Crippen LogP contribution in [0.25, 0.3) is 0 Å². The maximum absolute atomic E-state index is 4.17. The Labute approximate surface area is 109 Å². The van der Waals surface area contributed by atoms with Crippen molar-refractivity contribution in [1.82, 2.24) is 15.1 Å². The normalized spacial score (nSPS) is 10.7. The van der Waals surface area contributed by atoms with Crippen LogP contribution in [-0.2, 0) is 13.0 Å². The fourth-order valence-corrected chi connectivity index (χ4v) is 1.98. The Kier molecular flexibility index (Phi) is 5.47. The van der Waals surface area contributed by atoms with Crippen LogP contribution in [0.5, 0.6) is 0 Å². The van der Waals surface area contributed by atoms with Gasteiger partial charge in [-0.05, 0) is 37.4 Å². The number of aromatic nitrogens is 2. The molecule has 18 heavy (non-hydrogen) atoms. The third-order valence-electron chi connectivity index (χ3n) is 2.99. The number of nitrogens with zero attached hydrogens (tertiary/aromatic N) is 2. The number of hydrogen-bond acceptors (Lipinski definition) is 2. The van der Waals surface area contributed by atoms with E-state index in [0.717, 1.165) is 19.6 Å². The smallest absolute Gasteiger partial charge is 0.0533 e. The summed E-state index contributed by atoms with van der Waals surface area (Å²) in [6, 6.07) is 12.6. The lowest BCUT2D eigenvalue weighted by molar-refractivity contribution is 0.541. The van der Waals surface area contributed by atoms with E-state index in [4.69, 9.17) is 0 Å². The van der Waals surface area contributed by atoms with E-state index < -0.39 is 0 Å². The summed E-state index contributed by atoms with van der Waals surface area (Å²) < 4.78 is 1.96. The van der Waals surface area contributed by atoms with Crippen LogP contribution >= 0.6 is 0 Å². The van der Waals surface area contributed by atoms with E-state index in [2.05, 4.69) is 40.7 Å². The zero-order valence-electron chi connectivity index (χ0n) is 10.8. The monoisotopic (exact) mass is 243 g/mol. The number of nitrogens with one attached hydrogen (secondary N) is 1. The van der Waals surface area contributed by atoms with Crippen LogP contribution in [0.3, 0.4) is 0 Å². The van der Waals surface area contributed by atoms with Gasteiger partial charge in [0.1, 0.15) is 0 Å². The van der Waals surface area contributed by atoms with E-state index in [1.54, 1.807) is 0 Å². The predicted molar refractivity (Wildman–Crippen MR) is 74.5 cm³/mol. The van der Waals surface area contributed by atoms with E-state index in [-0.39, 0.29) is 0 Å². The standard InChI is InChI=1S/C15H21N3/c1-2-7-15(8-3-1)9-4-5-10-16-12-14-18-13-6-11-17-18/h1-3,6-8,11,13,16H,4-5,9-10,12,14H2. The molecule has 1 N–H and O–H groups in total. The largest absolute Gasteiger partial charge is 0.315 e. The molecule has 1 aromatic carbocycles. The molecule has 0 bridgehead atoms. The Morgan fingerprint density at radius 3 is 2.67 bits per heavy atom. The molecule has 0 unspecified atom stereocenters. The lowest BCUT2D eigenvalue weighted by Gasteiger charge is -2.05. The SMILES string of the molecule is c1ccc(CCCCNCCn2cccn2)cc1. The van der Waals surface area contributed by atoms with Crippen molar-refractivity contribution in [3.63, 3.8) is 0 Å². The molecular formula is C15H21N3. The number of benzene rings is 1. The van der Waals surface area contributed by atoms with E-state index in [9.17, 15) is 0 Å². The third-order valence-corrected chi connectivity index (χ3v) is 2.99. The molecule has 0 aliphatic rings. The molecule has 0 saturated heterocycles. The topological polar surface area (TPSA) is 29.9 Å². The maximum atomic E-state index is 4.17. The molecule has 0 atom stereocenters. The Hall–Kier alpha value is -1.61. The van der Waals surface area contributed by atoms with Gasteiger partial charge in [0.25, 0.3) is 0 Å².